The average molecular weight is 468 g/mol. The molecule has 0 saturated carbocycles. The van der Waals surface area contributed by atoms with Crippen LogP contribution in [0.25, 0.3) is 0 Å². The summed E-state index contributed by atoms with van der Waals surface area (Å²) in [5.74, 6) is 1.27. The number of aromatic nitrogens is 1. The second-order valence-corrected chi connectivity index (χ2v) is 7.92. The number of rotatable bonds is 7. The van der Waals surface area contributed by atoms with Crippen molar-refractivity contribution in [3.63, 3.8) is 0 Å². The third kappa shape index (κ3) is 6.03. The lowest BCUT2D eigenvalue weighted by Crippen LogP contribution is -2.48. The Bertz CT molecular complexity index is 841. The molecule has 31 heavy (non-hydrogen) atoms. The summed E-state index contributed by atoms with van der Waals surface area (Å²) in [7, 11) is 1.92. The van der Waals surface area contributed by atoms with E-state index in [2.05, 4.69) is 10.3 Å². The average Bonchev–Trinajstić information content (AvgIpc) is 3.10. The fourth-order valence-corrected chi connectivity index (χ4v) is 4.39. The van der Waals surface area contributed by atoms with Crippen LogP contribution >= 0.6 is 24.8 Å². The third-order valence-corrected chi connectivity index (χ3v) is 5.92. The summed E-state index contributed by atoms with van der Waals surface area (Å²) < 4.78 is 11.7. The van der Waals surface area contributed by atoms with Gasteiger partial charge in [0, 0.05) is 48.7 Å². The van der Waals surface area contributed by atoms with E-state index in [0.717, 1.165) is 18.4 Å². The molecule has 6 nitrogen and oxygen atoms in total. The summed E-state index contributed by atoms with van der Waals surface area (Å²) in [6.45, 7) is 2.84. The number of nitrogens with one attached hydrogen (secondary N) is 1. The van der Waals surface area contributed by atoms with Gasteiger partial charge in [-0.25, -0.2) is 0 Å². The Morgan fingerprint density at radius 1 is 1.13 bits per heavy atom. The van der Waals surface area contributed by atoms with E-state index in [4.69, 9.17) is 9.47 Å². The molecule has 4 rings (SSSR count). The van der Waals surface area contributed by atoms with Crippen LogP contribution in [0.3, 0.4) is 0 Å². The maximum atomic E-state index is 13.1. The number of nitrogens with zero attached hydrogens (tertiary/aromatic N) is 2. The topological polar surface area (TPSA) is 63.7 Å². The SMILES string of the molecule is CCOc1cc(C(=O)N(C)C2CC3CCC(C2)N3)ccc1OCc1cccnc1.Cl.Cl. The third-order valence-electron chi connectivity index (χ3n) is 5.92. The van der Waals surface area contributed by atoms with Crippen LogP contribution in [0.1, 0.15) is 48.5 Å². The standard InChI is InChI=1S/C23H29N3O3.2ClH/c1-3-28-22-11-17(6-9-21(22)29-15-16-5-4-10-24-14-16)23(27)26(2)20-12-18-7-8-19(13-20)25-18;;/h4-6,9-11,14,18-20,25H,3,7-8,12-13,15H2,1-2H3;2*1H. The first-order valence-corrected chi connectivity index (χ1v) is 10.5. The van der Waals surface area contributed by atoms with Gasteiger partial charge in [-0.05, 0) is 56.9 Å². The lowest BCUT2D eigenvalue weighted by Gasteiger charge is -2.35. The van der Waals surface area contributed by atoms with Crippen LogP contribution in [0, 0.1) is 0 Å². The maximum absolute atomic E-state index is 13.1. The molecule has 2 fully saturated rings. The number of fused-ring (bicyclic) bond motifs is 2. The molecule has 0 aliphatic carbocycles. The van der Waals surface area contributed by atoms with Gasteiger partial charge < -0.3 is 19.7 Å². The van der Waals surface area contributed by atoms with Crippen molar-refractivity contribution in [2.45, 2.75) is 57.3 Å². The Hall–Kier alpha value is -2.02. The molecule has 2 saturated heterocycles. The Labute approximate surface area is 196 Å². The predicted molar refractivity (Wildman–Crippen MR) is 126 cm³/mol. The lowest BCUT2D eigenvalue weighted by molar-refractivity contribution is 0.0681. The monoisotopic (exact) mass is 467 g/mol. The molecule has 170 valence electrons. The highest BCUT2D eigenvalue weighted by Gasteiger charge is 2.36. The van der Waals surface area contributed by atoms with Crippen molar-refractivity contribution in [1.29, 1.82) is 0 Å². The van der Waals surface area contributed by atoms with Crippen molar-refractivity contribution >= 4 is 30.7 Å². The Morgan fingerprint density at radius 3 is 2.52 bits per heavy atom. The first kappa shape index (κ1) is 25.2. The summed E-state index contributed by atoms with van der Waals surface area (Å²) in [6.07, 6.45) is 8.02. The second-order valence-electron chi connectivity index (χ2n) is 7.92. The number of piperidine rings is 1. The van der Waals surface area contributed by atoms with Gasteiger partial charge in [-0.1, -0.05) is 6.07 Å². The number of amides is 1. The van der Waals surface area contributed by atoms with Gasteiger partial charge in [0.25, 0.3) is 5.91 Å². The van der Waals surface area contributed by atoms with Gasteiger partial charge in [0.15, 0.2) is 11.5 Å². The number of halogens is 2. The quantitative estimate of drug-likeness (QED) is 0.658. The number of hydrogen-bond acceptors (Lipinski definition) is 5. The molecule has 2 aliphatic heterocycles. The minimum atomic E-state index is 0. The highest BCUT2D eigenvalue weighted by atomic mass is 35.5. The van der Waals surface area contributed by atoms with E-state index >= 15 is 0 Å². The zero-order chi connectivity index (χ0) is 20.2. The van der Waals surface area contributed by atoms with E-state index < -0.39 is 0 Å². The van der Waals surface area contributed by atoms with Crippen LogP contribution in [-0.2, 0) is 6.61 Å². The van der Waals surface area contributed by atoms with E-state index in [-0.39, 0.29) is 30.7 Å². The van der Waals surface area contributed by atoms with Crippen LogP contribution in [0.2, 0.25) is 0 Å². The van der Waals surface area contributed by atoms with E-state index in [1.54, 1.807) is 18.5 Å². The van der Waals surface area contributed by atoms with Gasteiger partial charge in [-0.2, -0.15) is 0 Å². The molecule has 1 amide bonds. The molecule has 1 aromatic heterocycles. The van der Waals surface area contributed by atoms with Crippen molar-refractivity contribution in [2.75, 3.05) is 13.7 Å². The van der Waals surface area contributed by atoms with Crippen molar-refractivity contribution in [3.05, 3.63) is 53.9 Å². The summed E-state index contributed by atoms with van der Waals surface area (Å²) in [5.41, 5.74) is 1.62. The Morgan fingerprint density at radius 2 is 1.87 bits per heavy atom. The highest BCUT2D eigenvalue weighted by molar-refractivity contribution is 5.95. The Balaban J connectivity index is 0.00000171. The normalized spacial score (nSPS) is 21.4. The molecule has 8 heteroatoms. The molecule has 2 atom stereocenters. The molecule has 0 radical (unpaired) electrons. The number of ether oxygens (including phenoxy) is 2. The number of carbonyl (C=O) groups excluding carboxylic acids is 1. The number of hydrogen-bond donors (Lipinski definition) is 1. The van der Waals surface area contributed by atoms with Gasteiger partial charge >= 0.3 is 0 Å². The molecule has 2 unspecified atom stereocenters. The second kappa shape index (κ2) is 11.6. The first-order chi connectivity index (χ1) is 14.1. The molecular weight excluding hydrogens is 437 g/mol. The molecule has 1 N–H and O–H groups in total. The van der Waals surface area contributed by atoms with E-state index in [1.807, 2.05) is 43.1 Å². The minimum absolute atomic E-state index is 0. The molecule has 2 aliphatic rings. The molecule has 0 spiro atoms. The zero-order valence-corrected chi connectivity index (χ0v) is 19.6. The van der Waals surface area contributed by atoms with Crippen LogP contribution in [-0.4, -0.2) is 47.6 Å². The number of pyridine rings is 1. The minimum Gasteiger partial charge on any atom is -0.490 e. The van der Waals surface area contributed by atoms with Gasteiger partial charge in [0.1, 0.15) is 6.61 Å². The Kier molecular flexibility index (Phi) is 9.41. The van der Waals surface area contributed by atoms with Gasteiger partial charge in [-0.15, -0.1) is 24.8 Å². The fraction of sp³-hybridized carbons (Fsp3) is 0.478. The summed E-state index contributed by atoms with van der Waals surface area (Å²) in [4.78, 5) is 19.1. The van der Waals surface area contributed by atoms with Crippen molar-refractivity contribution in [1.82, 2.24) is 15.2 Å². The van der Waals surface area contributed by atoms with E-state index in [1.165, 1.54) is 12.8 Å². The number of benzene rings is 1. The van der Waals surface area contributed by atoms with Gasteiger partial charge in [0.05, 0.1) is 6.61 Å². The largest absolute Gasteiger partial charge is 0.490 e. The summed E-state index contributed by atoms with van der Waals surface area (Å²) in [5, 5.41) is 3.64. The van der Waals surface area contributed by atoms with Crippen molar-refractivity contribution < 1.29 is 14.3 Å². The molecular formula is C23H31Cl2N3O3. The van der Waals surface area contributed by atoms with E-state index in [0.29, 0.717) is 48.4 Å². The van der Waals surface area contributed by atoms with Crippen molar-refractivity contribution in [3.8, 4) is 11.5 Å². The van der Waals surface area contributed by atoms with Gasteiger partial charge in [-0.3, -0.25) is 9.78 Å². The van der Waals surface area contributed by atoms with Crippen molar-refractivity contribution in [2.24, 2.45) is 0 Å². The fourth-order valence-electron chi connectivity index (χ4n) is 4.39. The smallest absolute Gasteiger partial charge is 0.253 e. The number of carbonyl (C=O) groups is 1. The predicted octanol–water partition coefficient (Wildman–Crippen LogP) is 4.26. The lowest BCUT2D eigenvalue weighted by atomic mass is 9.98. The molecule has 2 aromatic rings. The zero-order valence-electron chi connectivity index (χ0n) is 18.0. The molecule has 1 aromatic carbocycles. The van der Waals surface area contributed by atoms with Crippen LogP contribution in [0.4, 0.5) is 0 Å². The summed E-state index contributed by atoms with van der Waals surface area (Å²) >= 11 is 0. The van der Waals surface area contributed by atoms with E-state index in [9.17, 15) is 4.79 Å². The van der Waals surface area contributed by atoms with Gasteiger partial charge in [0.2, 0.25) is 0 Å². The highest BCUT2D eigenvalue weighted by Crippen LogP contribution is 2.32. The molecule has 2 bridgehead atoms. The first-order valence-electron chi connectivity index (χ1n) is 10.5. The van der Waals surface area contributed by atoms with Crippen LogP contribution in [0.15, 0.2) is 42.7 Å². The maximum Gasteiger partial charge on any atom is 0.253 e. The van der Waals surface area contributed by atoms with Crippen LogP contribution in [0.5, 0.6) is 11.5 Å². The van der Waals surface area contributed by atoms with Crippen LogP contribution < -0.4 is 14.8 Å². The molecule has 3 heterocycles. The summed E-state index contributed by atoms with van der Waals surface area (Å²) in [6, 6.07) is 10.7.